The largest absolute Gasteiger partial charge is 0.497 e. The molecule has 0 heterocycles. The minimum absolute atomic E-state index is 0.0547. The average molecular weight is 503 g/mol. The van der Waals surface area contributed by atoms with Gasteiger partial charge in [-0.15, -0.1) is 0 Å². The molecule has 36 heavy (non-hydrogen) atoms. The molecular formula is C28H26N2O5S. The maximum Gasteiger partial charge on any atom is 0.264 e. The molecule has 1 N–H and O–H groups in total. The number of hydrogen-bond donors (Lipinski definition) is 1. The lowest BCUT2D eigenvalue weighted by molar-refractivity contribution is -0.114. The summed E-state index contributed by atoms with van der Waals surface area (Å²) in [6.45, 7) is 1.50. The third-order valence-corrected chi connectivity index (χ3v) is 7.16. The first-order valence-corrected chi connectivity index (χ1v) is 12.7. The predicted octanol–water partition coefficient (Wildman–Crippen LogP) is 5.63. The maximum atomic E-state index is 13.5. The second-order valence-corrected chi connectivity index (χ2v) is 9.87. The molecule has 0 aliphatic rings. The summed E-state index contributed by atoms with van der Waals surface area (Å²) in [5, 5.41) is 2.77. The van der Waals surface area contributed by atoms with Crippen LogP contribution in [0.1, 0.15) is 5.56 Å². The van der Waals surface area contributed by atoms with Crippen LogP contribution in [0.15, 0.2) is 108 Å². The number of carbonyl (C=O) groups is 1. The number of rotatable bonds is 9. The second kappa shape index (κ2) is 11.0. The number of para-hydroxylation sites is 1. The van der Waals surface area contributed by atoms with E-state index >= 15 is 0 Å². The van der Waals surface area contributed by atoms with Gasteiger partial charge in [0.05, 0.1) is 17.7 Å². The smallest absolute Gasteiger partial charge is 0.264 e. The van der Waals surface area contributed by atoms with E-state index in [0.717, 1.165) is 9.87 Å². The molecule has 0 saturated heterocycles. The molecule has 0 fully saturated rings. The Morgan fingerprint density at radius 1 is 0.778 bits per heavy atom. The fourth-order valence-corrected chi connectivity index (χ4v) is 4.88. The third kappa shape index (κ3) is 6.03. The lowest BCUT2D eigenvalue weighted by Crippen LogP contribution is -2.38. The summed E-state index contributed by atoms with van der Waals surface area (Å²) in [5.74, 6) is 1.37. The molecule has 0 aliphatic heterocycles. The van der Waals surface area contributed by atoms with Crippen molar-refractivity contribution in [2.75, 3.05) is 23.3 Å². The molecule has 1 amide bonds. The fraction of sp³-hybridized carbons (Fsp3) is 0.107. The number of benzene rings is 4. The van der Waals surface area contributed by atoms with Crippen LogP contribution in [0.4, 0.5) is 11.4 Å². The zero-order chi connectivity index (χ0) is 25.5. The standard InChI is InChI=1S/C28H26N2O5S/c1-21-8-12-23(13-9-21)30(36(32,33)27-18-16-24(34-2)17-19-27)20-28(31)29-22-10-14-26(15-11-22)35-25-6-4-3-5-7-25/h3-19H,20H2,1-2H3,(H,29,31). The van der Waals surface area contributed by atoms with Crippen molar-refractivity contribution >= 4 is 27.3 Å². The van der Waals surface area contributed by atoms with Crippen LogP contribution in [0.2, 0.25) is 0 Å². The van der Waals surface area contributed by atoms with Gasteiger partial charge in [-0.1, -0.05) is 35.9 Å². The second-order valence-electron chi connectivity index (χ2n) is 8.01. The molecule has 0 radical (unpaired) electrons. The fourth-order valence-electron chi connectivity index (χ4n) is 3.46. The van der Waals surface area contributed by atoms with E-state index in [0.29, 0.717) is 28.6 Å². The highest BCUT2D eigenvalue weighted by Gasteiger charge is 2.27. The normalized spacial score (nSPS) is 10.9. The Bertz CT molecular complexity index is 1400. The van der Waals surface area contributed by atoms with Crippen molar-refractivity contribution < 1.29 is 22.7 Å². The Hall–Kier alpha value is -4.30. The molecule has 4 rings (SSSR count). The Morgan fingerprint density at radius 3 is 1.97 bits per heavy atom. The van der Waals surface area contributed by atoms with Gasteiger partial charge in [0.1, 0.15) is 23.8 Å². The summed E-state index contributed by atoms with van der Waals surface area (Å²) in [4.78, 5) is 13.0. The molecule has 7 nitrogen and oxygen atoms in total. The van der Waals surface area contributed by atoms with Gasteiger partial charge in [-0.05, 0) is 79.7 Å². The lowest BCUT2D eigenvalue weighted by atomic mass is 10.2. The van der Waals surface area contributed by atoms with Crippen LogP contribution in [0, 0.1) is 6.92 Å². The average Bonchev–Trinajstić information content (AvgIpc) is 2.89. The predicted molar refractivity (Wildman–Crippen MR) is 140 cm³/mol. The van der Waals surface area contributed by atoms with E-state index in [1.54, 1.807) is 60.7 Å². The highest BCUT2D eigenvalue weighted by atomic mass is 32.2. The summed E-state index contributed by atoms with van der Waals surface area (Å²) in [6.07, 6.45) is 0. The van der Waals surface area contributed by atoms with E-state index in [9.17, 15) is 13.2 Å². The van der Waals surface area contributed by atoms with Crippen molar-refractivity contribution in [2.45, 2.75) is 11.8 Å². The molecular weight excluding hydrogens is 476 g/mol. The van der Waals surface area contributed by atoms with Crippen molar-refractivity contribution in [2.24, 2.45) is 0 Å². The SMILES string of the molecule is COc1ccc(S(=O)(=O)N(CC(=O)Nc2ccc(Oc3ccccc3)cc2)c2ccc(C)cc2)cc1. The van der Waals surface area contributed by atoms with Gasteiger partial charge in [0, 0.05) is 5.69 Å². The van der Waals surface area contributed by atoms with Gasteiger partial charge in [0.25, 0.3) is 10.0 Å². The van der Waals surface area contributed by atoms with Crippen molar-refractivity contribution in [1.29, 1.82) is 0 Å². The minimum atomic E-state index is -4.02. The molecule has 4 aromatic carbocycles. The highest BCUT2D eigenvalue weighted by Crippen LogP contribution is 2.26. The molecule has 0 aromatic heterocycles. The van der Waals surface area contributed by atoms with Crippen LogP contribution in [0.3, 0.4) is 0 Å². The maximum absolute atomic E-state index is 13.5. The zero-order valence-corrected chi connectivity index (χ0v) is 20.7. The van der Waals surface area contributed by atoms with Gasteiger partial charge < -0.3 is 14.8 Å². The van der Waals surface area contributed by atoms with E-state index in [2.05, 4.69) is 5.32 Å². The highest BCUT2D eigenvalue weighted by molar-refractivity contribution is 7.92. The first kappa shape index (κ1) is 24.8. The lowest BCUT2D eigenvalue weighted by Gasteiger charge is -2.24. The number of carbonyl (C=O) groups excluding carboxylic acids is 1. The number of sulfonamides is 1. The summed E-state index contributed by atoms with van der Waals surface area (Å²) in [5.41, 5.74) is 1.88. The number of aryl methyl sites for hydroxylation is 1. The number of amides is 1. The van der Waals surface area contributed by atoms with Gasteiger partial charge in [0.15, 0.2) is 0 Å². The van der Waals surface area contributed by atoms with Crippen LogP contribution in [0.25, 0.3) is 0 Å². The Kier molecular flexibility index (Phi) is 7.56. The molecule has 0 spiro atoms. The van der Waals surface area contributed by atoms with Crippen LogP contribution in [-0.4, -0.2) is 28.0 Å². The number of methoxy groups -OCH3 is 1. The van der Waals surface area contributed by atoms with Gasteiger partial charge in [0.2, 0.25) is 5.91 Å². The summed E-state index contributed by atoms with van der Waals surface area (Å²) in [7, 11) is -2.52. The summed E-state index contributed by atoms with van der Waals surface area (Å²) in [6, 6.07) is 29.2. The Balaban J connectivity index is 1.52. The summed E-state index contributed by atoms with van der Waals surface area (Å²) < 4.78 is 39.0. The van der Waals surface area contributed by atoms with Crippen LogP contribution in [0.5, 0.6) is 17.2 Å². The van der Waals surface area contributed by atoms with Gasteiger partial charge in [-0.3, -0.25) is 9.10 Å². The number of nitrogens with zero attached hydrogens (tertiary/aromatic N) is 1. The molecule has 4 aromatic rings. The minimum Gasteiger partial charge on any atom is -0.497 e. The first-order valence-electron chi connectivity index (χ1n) is 11.2. The molecule has 8 heteroatoms. The van der Waals surface area contributed by atoms with E-state index in [1.165, 1.54) is 19.2 Å². The molecule has 0 unspecified atom stereocenters. The monoisotopic (exact) mass is 502 g/mol. The van der Waals surface area contributed by atoms with Gasteiger partial charge in [-0.25, -0.2) is 8.42 Å². The quantitative estimate of drug-likeness (QED) is 0.321. The van der Waals surface area contributed by atoms with Crippen molar-refractivity contribution in [3.63, 3.8) is 0 Å². The molecule has 0 saturated carbocycles. The van der Waals surface area contributed by atoms with Gasteiger partial charge >= 0.3 is 0 Å². The molecule has 0 atom stereocenters. The van der Waals surface area contributed by atoms with E-state index in [1.807, 2.05) is 37.3 Å². The van der Waals surface area contributed by atoms with Crippen LogP contribution < -0.4 is 19.1 Å². The van der Waals surface area contributed by atoms with Gasteiger partial charge in [-0.2, -0.15) is 0 Å². The molecule has 0 bridgehead atoms. The Morgan fingerprint density at radius 2 is 1.36 bits per heavy atom. The first-order chi connectivity index (χ1) is 17.3. The summed E-state index contributed by atoms with van der Waals surface area (Å²) >= 11 is 0. The van der Waals surface area contributed by atoms with E-state index in [4.69, 9.17) is 9.47 Å². The van der Waals surface area contributed by atoms with Crippen LogP contribution in [-0.2, 0) is 14.8 Å². The van der Waals surface area contributed by atoms with Crippen LogP contribution >= 0.6 is 0 Å². The van der Waals surface area contributed by atoms with E-state index in [-0.39, 0.29) is 4.90 Å². The third-order valence-electron chi connectivity index (χ3n) is 5.37. The van der Waals surface area contributed by atoms with Crippen molar-refractivity contribution in [3.8, 4) is 17.2 Å². The number of ether oxygens (including phenoxy) is 2. The topological polar surface area (TPSA) is 84.9 Å². The zero-order valence-electron chi connectivity index (χ0n) is 19.9. The van der Waals surface area contributed by atoms with Crippen molar-refractivity contribution in [1.82, 2.24) is 0 Å². The number of anilines is 2. The molecule has 0 aliphatic carbocycles. The number of hydrogen-bond acceptors (Lipinski definition) is 5. The van der Waals surface area contributed by atoms with Crippen molar-refractivity contribution in [3.05, 3.63) is 109 Å². The number of nitrogens with one attached hydrogen (secondary N) is 1. The molecule has 184 valence electrons. The van der Waals surface area contributed by atoms with E-state index < -0.39 is 22.5 Å². The Labute approximate surface area is 211 Å².